The molecule has 0 amide bonds. The van der Waals surface area contributed by atoms with Crippen molar-refractivity contribution in [3.05, 3.63) is 42.0 Å². The third kappa shape index (κ3) is 3.04. The topological polar surface area (TPSA) is 26.7 Å². The van der Waals surface area contributed by atoms with Gasteiger partial charge in [0, 0.05) is 44.3 Å². The van der Waals surface area contributed by atoms with Crippen LogP contribution in [-0.4, -0.2) is 47.1 Å². The number of hydrogen-bond acceptors (Lipinski definition) is 3. The molecule has 0 aliphatic carbocycles. The van der Waals surface area contributed by atoms with E-state index in [2.05, 4.69) is 35.8 Å². The van der Waals surface area contributed by atoms with Crippen molar-refractivity contribution in [3.8, 4) is 5.75 Å². The van der Waals surface area contributed by atoms with Crippen LogP contribution in [0.25, 0.3) is 10.8 Å². The molecule has 0 bridgehead atoms. The number of nitrogens with zero attached hydrogens (tertiary/aromatic N) is 2. The van der Waals surface area contributed by atoms with Gasteiger partial charge < -0.3 is 5.11 Å². The number of fused-ring (bicyclic) bond motifs is 1. The molecule has 3 nitrogen and oxygen atoms in total. The number of hydrogen-bond donors (Lipinski definition) is 1. The van der Waals surface area contributed by atoms with Crippen LogP contribution in [-0.2, 0) is 6.54 Å². The average Bonchev–Trinajstić information content (AvgIpc) is 2.51. The van der Waals surface area contributed by atoms with Gasteiger partial charge in [0.05, 0.1) is 0 Å². The summed E-state index contributed by atoms with van der Waals surface area (Å²) in [5.74, 6) is 0.417. The van der Waals surface area contributed by atoms with Crippen molar-refractivity contribution < 1.29 is 5.11 Å². The lowest BCUT2D eigenvalue weighted by atomic mass is 10.0. The Kier molecular flexibility index (Phi) is 4.13. The fourth-order valence-electron chi connectivity index (χ4n) is 3.15. The number of aromatic hydroxyl groups is 1. The van der Waals surface area contributed by atoms with Gasteiger partial charge in [0.15, 0.2) is 0 Å². The molecule has 0 saturated carbocycles. The zero-order chi connectivity index (χ0) is 14.8. The summed E-state index contributed by atoms with van der Waals surface area (Å²) in [7, 11) is 0. The van der Waals surface area contributed by atoms with Gasteiger partial charge in [0.25, 0.3) is 0 Å². The minimum atomic E-state index is 0.417. The van der Waals surface area contributed by atoms with Crippen LogP contribution in [0.15, 0.2) is 36.4 Å². The second-order valence-electron chi connectivity index (χ2n) is 6.19. The Morgan fingerprint density at radius 3 is 2.43 bits per heavy atom. The highest BCUT2D eigenvalue weighted by molar-refractivity contribution is 5.87. The van der Waals surface area contributed by atoms with E-state index >= 15 is 0 Å². The monoisotopic (exact) mass is 284 g/mol. The second-order valence-corrected chi connectivity index (χ2v) is 6.19. The SMILES string of the molecule is CC(C)N1CCN(Cc2c(O)ccc3ccccc23)CC1. The molecule has 1 fully saturated rings. The summed E-state index contributed by atoms with van der Waals surface area (Å²) >= 11 is 0. The van der Waals surface area contributed by atoms with Gasteiger partial charge in [-0.2, -0.15) is 0 Å². The van der Waals surface area contributed by atoms with Gasteiger partial charge in [-0.15, -0.1) is 0 Å². The first kappa shape index (κ1) is 14.4. The maximum Gasteiger partial charge on any atom is 0.120 e. The van der Waals surface area contributed by atoms with Crippen molar-refractivity contribution in [2.24, 2.45) is 0 Å². The highest BCUT2D eigenvalue weighted by Crippen LogP contribution is 2.28. The summed E-state index contributed by atoms with van der Waals surface area (Å²) in [6.45, 7) is 9.71. The maximum absolute atomic E-state index is 10.2. The second kappa shape index (κ2) is 6.04. The molecule has 3 heteroatoms. The molecule has 0 atom stereocenters. The van der Waals surface area contributed by atoms with Gasteiger partial charge >= 0.3 is 0 Å². The van der Waals surface area contributed by atoms with Crippen molar-refractivity contribution in [2.75, 3.05) is 26.2 Å². The lowest BCUT2D eigenvalue weighted by Crippen LogP contribution is -2.48. The zero-order valence-electron chi connectivity index (χ0n) is 12.9. The molecule has 1 aliphatic heterocycles. The van der Waals surface area contributed by atoms with E-state index in [-0.39, 0.29) is 0 Å². The lowest BCUT2D eigenvalue weighted by Gasteiger charge is -2.37. The first-order valence-corrected chi connectivity index (χ1v) is 7.81. The van der Waals surface area contributed by atoms with Crippen LogP contribution in [0.3, 0.4) is 0 Å². The maximum atomic E-state index is 10.2. The number of phenols is 1. The molecule has 1 aliphatic rings. The van der Waals surface area contributed by atoms with Gasteiger partial charge in [-0.3, -0.25) is 9.80 Å². The van der Waals surface area contributed by atoms with Gasteiger partial charge in [-0.05, 0) is 30.7 Å². The molecule has 0 aromatic heterocycles. The summed E-state index contributed by atoms with van der Waals surface area (Å²) < 4.78 is 0. The Balaban J connectivity index is 1.78. The standard InChI is InChI=1S/C18H24N2O/c1-14(2)20-11-9-19(10-12-20)13-17-16-6-4-3-5-15(16)7-8-18(17)21/h3-8,14,21H,9-13H2,1-2H3. The predicted molar refractivity (Wildman–Crippen MR) is 87.6 cm³/mol. The smallest absolute Gasteiger partial charge is 0.120 e. The fourth-order valence-corrected chi connectivity index (χ4v) is 3.15. The molecule has 2 aromatic rings. The molecule has 2 aromatic carbocycles. The fraction of sp³-hybridized carbons (Fsp3) is 0.444. The Bertz CT molecular complexity index is 616. The molecule has 1 N–H and O–H groups in total. The molecular formula is C18H24N2O. The summed E-state index contributed by atoms with van der Waals surface area (Å²) in [6.07, 6.45) is 0. The largest absolute Gasteiger partial charge is 0.508 e. The van der Waals surface area contributed by atoms with E-state index in [1.165, 1.54) is 10.8 Å². The van der Waals surface area contributed by atoms with Crippen molar-refractivity contribution in [3.63, 3.8) is 0 Å². The third-order valence-electron chi connectivity index (χ3n) is 4.53. The Morgan fingerprint density at radius 1 is 1.00 bits per heavy atom. The first-order chi connectivity index (χ1) is 10.1. The Labute approximate surface area is 126 Å². The summed E-state index contributed by atoms with van der Waals surface area (Å²) in [5.41, 5.74) is 1.06. The van der Waals surface area contributed by atoms with E-state index in [0.29, 0.717) is 11.8 Å². The van der Waals surface area contributed by atoms with E-state index in [9.17, 15) is 5.11 Å². The Morgan fingerprint density at radius 2 is 1.71 bits per heavy atom. The molecule has 0 radical (unpaired) electrons. The summed E-state index contributed by atoms with van der Waals surface area (Å²) in [5, 5.41) is 12.6. The summed E-state index contributed by atoms with van der Waals surface area (Å²) in [4.78, 5) is 4.96. The minimum absolute atomic E-state index is 0.417. The number of rotatable bonds is 3. The highest BCUT2D eigenvalue weighted by Gasteiger charge is 2.20. The van der Waals surface area contributed by atoms with E-state index in [0.717, 1.165) is 38.3 Å². The minimum Gasteiger partial charge on any atom is -0.508 e. The molecule has 0 unspecified atom stereocenters. The van der Waals surface area contributed by atoms with E-state index < -0.39 is 0 Å². The molecular weight excluding hydrogens is 260 g/mol. The first-order valence-electron chi connectivity index (χ1n) is 7.81. The third-order valence-corrected chi connectivity index (χ3v) is 4.53. The van der Waals surface area contributed by atoms with Gasteiger partial charge in [-0.1, -0.05) is 30.3 Å². The molecule has 3 rings (SSSR count). The van der Waals surface area contributed by atoms with Crippen LogP contribution in [0.1, 0.15) is 19.4 Å². The van der Waals surface area contributed by atoms with Crippen LogP contribution in [0.5, 0.6) is 5.75 Å². The Hall–Kier alpha value is -1.58. The van der Waals surface area contributed by atoms with E-state index in [1.54, 1.807) is 0 Å². The van der Waals surface area contributed by atoms with Crippen molar-refractivity contribution in [1.82, 2.24) is 9.80 Å². The number of piperazine rings is 1. The predicted octanol–water partition coefficient (Wildman–Crippen LogP) is 3.07. The average molecular weight is 284 g/mol. The molecule has 112 valence electrons. The van der Waals surface area contributed by atoms with E-state index in [1.807, 2.05) is 24.3 Å². The number of phenolic OH excluding ortho intramolecular Hbond substituents is 1. The van der Waals surface area contributed by atoms with Crippen LogP contribution in [0, 0.1) is 0 Å². The van der Waals surface area contributed by atoms with Crippen LogP contribution in [0.4, 0.5) is 0 Å². The van der Waals surface area contributed by atoms with Crippen molar-refractivity contribution in [1.29, 1.82) is 0 Å². The van der Waals surface area contributed by atoms with Crippen molar-refractivity contribution in [2.45, 2.75) is 26.4 Å². The van der Waals surface area contributed by atoms with Crippen LogP contribution >= 0.6 is 0 Å². The van der Waals surface area contributed by atoms with Crippen molar-refractivity contribution >= 4 is 10.8 Å². The normalized spacial score (nSPS) is 17.7. The molecule has 21 heavy (non-hydrogen) atoms. The van der Waals surface area contributed by atoms with Gasteiger partial charge in [0.2, 0.25) is 0 Å². The molecule has 0 spiro atoms. The molecule has 1 heterocycles. The summed E-state index contributed by atoms with van der Waals surface area (Å²) in [6, 6.07) is 12.7. The quantitative estimate of drug-likeness (QED) is 0.938. The number of benzene rings is 2. The van der Waals surface area contributed by atoms with Gasteiger partial charge in [0.1, 0.15) is 5.75 Å². The zero-order valence-corrected chi connectivity index (χ0v) is 12.9. The van der Waals surface area contributed by atoms with Crippen LogP contribution < -0.4 is 0 Å². The van der Waals surface area contributed by atoms with E-state index in [4.69, 9.17) is 0 Å². The van der Waals surface area contributed by atoms with Gasteiger partial charge in [-0.25, -0.2) is 0 Å². The lowest BCUT2D eigenvalue weighted by molar-refractivity contribution is 0.104. The van der Waals surface area contributed by atoms with Crippen LogP contribution in [0.2, 0.25) is 0 Å². The molecule has 1 saturated heterocycles. The highest BCUT2D eigenvalue weighted by atomic mass is 16.3.